The maximum Gasteiger partial charge on any atom is 0.404 e. The summed E-state index contributed by atoms with van der Waals surface area (Å²) >= 11 is 0. The molecule has 1 aliphatic rings. The van der Waals surface area contributed by atoms with Crippen molar-refractivity contribution in [2.75, 3.05) is 18.5 Å². The average Bonchev–Trinajstić information content (AvgIpc) is 3.37. The fourth-order valence-corrected chi connectivity index (χ4v) is 2.33. The molecule has 1 saturated heterocycles. The van der Waals surface area contributed by atoms with Gasteiger partial charge in [0.1, 0.15) is 17.6 Å². The van der Waals surface area contributed by atoms with Gasteiger partial charge in [-0.25, -0.2) is 19.2 Å². The van der Waals surface area contributed by atoms with E-state index in [9.17, 15) is 9.18 Å². The fourth-order valence-electron chi connectivity index (χ4n) is 2.33. The molecule has 158 valence electrons. The molecular formula is C18H26FN7O3. The van der Waals surface area contributed by atoms with Gasteiger partial charge < -0.3 is 20.5 Å². The summed E-state index contributed by atoms with van der Waals surface area (Å²) in [7, 11) is 0. The molecule has 0 aromatic carbocycles. The molecule has 1 amide bonds. The van der Waals surface area contributed by atoms with Gasteiger partial charge in [-0.3, -0.25) is 9.50 Å². The number of alkyl halides is 1. The van der Waals surface area contributed by atoms with Gasteiger partial charge in [-0.15, -0.1) is 0 Å². The highest BCUT2D eigenvalue weighted by molar-refractivity contribution is 5.64. The highest BCUT2D eigenvalue weighted by Gasteiger charge is 2.12. The zero-order valence-electron chi connectivity index (χ0n) is 16.6. The first-order chi connectivity index (χ1) is 13.8. The van der Waals surface area contributed by atoms with Crippen LogP contribution >= 0.6 is 0 Å². The van der Waals surface area contributed by atoms with Crippen molar-refractivity contribution in [2.45, 2.75) is 39.4 Å². The van der Waals surface area contributed by atoms with E-state index >= 15 is 0 Å². The molecule has 0 saturated carbocycles. The van der Waals surface area contributed by atoms with E-state index in [2.05, 4.69) is 35.5 Å². The summed E-state index contributed by atoms with van der Waals surface area (Å²) in [4.78, 5) is 18.3. The number of halogens is 1. The number of anilines is 2. The molecular weight excluding hydrogens is 381 g/mol. The summed E-state index contributed by atoms with van der Waals surface area (Å²) in [6.07, 6.45) is 4.29. The first-order valence-corrected chi connectivity index (χ1v) is 9.13. The molecule has 11 heteroatoms. The normalized spacial score (nSPS) is 15.3. The Hall–Kier alpha value is -3.21. The van der Waals surface area contributed by atoms with Crippen molar-refractivity contribution in [2.24, 2.45) is 0 Å². The summed E-state index contributed by atoms with van der Waals surface area (Å²) in [6.45, 7) is 6.43. The fraction of sp³-hybridized carbons (Fsp3) is 0.444. The monoisotopic (exact) mass is 407 g/mol. The van der Waals surface area contributed by atoms with Crippen LogP contribution in [0.2, 0.25) is 0 Å². The van der Waals surface area contributed by atoms with Gasteiger partial charge in [-0.05, 0) is 26.8 Å². The zero-order chi connectivity index (χ0) is 21.2. The van der Waals surface area contributed by atoms with Crippen LogP contribution in [0.15, 0.2) is 30.7 Å². The summed E-state index contributed by atoms with van der Waals surface area (Å²) in [5, 5.41) is 20.0. The molecule has 3 aromatic rings. The standard InChI is InChI=1S/C10H10N6.C4H7FO.C4H9NO2/c1-7-6-16-9(13-7)3-4-11-10(16)14-8-2-5-12-15-8;5-4-1-2-6-3-4;1-3(2)5-4(6)7/h2-6H,1H3,(H2,11,12,14,15);4H,1-3H2;3,5H,1-2H3,(H,6,7). The number of ether oxygens (including phenoxy) is 1. The van der Waals surface area contributed by atoms with Crippen molar-refractivity contribution in [3.8, 4) is 0 Å². The van der Waals surface area contributed by atoms with E-state index in [4.69, 9.17) is 5.11 Å². The van der Waals surface area contributed by atoms with Crippen LogP contribution < -0.4 is 10.6 Å². The Morgan fingerprint density at radius 1 is 1.41 bits per heavy atom. The van der Waals surface area contributed by atoms with E-state index in [1.165, 1.54) is 0 Å². The number of hydrogen-bond acceptors (Lipinski definition) is 6. The number of nitrogens with zero attached hydrogens (tertiary/aromatic N) is 4. The van der Waals surface area contributed by atoms with Crippen molar-refractivity contribution >= 4 is 23.5 Å². The number of fused-ring (bicyclic) bond motifs is 1. The van der Waals surface area contributed by atoms with Gasteiger partial charge in [0.2, 0.25) is 5.95 Å². The Balaban J connectivity index is 0.000000192. The topological polar surface area (TPSA) is 129 Å². The molecule has 1 fully saturated rings. The van der Waals surface area contributed by atoms with Gasteiger partial charge in [0.15, 0.2) is 0 Å². The lowest BCUT2D eigenvalue weighted by molar-refractivity contribution is 0.173. The molecule has 3 aromatic heterocycles. The van der Waals surface area contributed by atoms with Crippen molar-refractivity contribution in [1.82, 2.24) is 29.9 Å². The van der Waals surface area contributed by atoms with E-state index in [-0.39, 0.29) is 6.04 Å². The van der Waals surface area contributed by atoms with Crippen LogP contribution in [0.1, 0.15) is 26.0 Å². The summed E-state index contributed by atoms with van der Waals surface area (Å²) in [5.41, 5.74) is 1.83. The molecule has 10 nitrogen and oxygen atoms in total. The molecule has 4 heterocycles. The van der Waals surface area contributed by atoms with Crippen LogP contribution in [-0.4, -0.2) is 61.2 Å². The predicted octanol–water partition coefficient (Wildman–Crippen LogP) is 2.91. The van der Waals surface area contributed by atoms with Gasteiger partial charge in [0.25, 0.3) is 0 Å². The van der Waals surface area contributed by atoms with Gasteiger partial charge in [-0.1, -0.05) is 0 Å². The molecule has 1 aliphatic heterocycles. The van der Waals surface area contributed by atoms with E-state index < -0.39 is 12.3 Å². The summed E-state index contributed by atoms with van der Waals surface area (Å²) < 4.78 is 18.4. The summed E-state index contributed by atoms with van der Waals surface area (Å²) in [5.74, 6) is 1.51. The van der Waals surface area contributed by atoms with Crippen molar-refractivity contribution < 1.29 is 19.0 Å². The van der Waals surface area contributed by atoms with Crippen LogP contribution in [0.4, 0.5) is 21.0 Å². The predicted molar refractivity (Wildman–Crippen MR) is 106 cm³/mol. The van der Waals surface area contributed by atoms with Gasteiger partial charge in [0, 0.05) is 37.5 Å². The molecule has 4 rings (SSSR count). The molecule has 0 bridgehead atoms. The van der Waals surface area contributed by atoms with Crippen LogP contribution in [0, 0.1) is 6.92 Å². The van der Waals surface area contributed by atoms with Crippen molar-refractivity contribution in [3.05, 3.63) is 36.4 Å². The molecule has 0 spiro atoms. The minimum atomic E-state index is -0.963. The maximum atomic E-state index is 11.8. The lowest BCUT2D eigenvalue weighted by Crippen LogP contribution is -2.27. The smallest absolute Gasteiger partial charge is 0.404 e. The number of imidazole rings is 1. The largest absolute Gasteiger partial charge is 0.465 e. The number of aryl methyl sites for hydroxylation is 1. The first-order valence-electron chi connectivity index (χ1n) is 9.13. The highest BCUT2D eigenvalue weighted by atomic mass is 19.1. The third-order valence-corrected chi connectivity index (χ3v) is 3.54. The lowest BCUT2D eigenvalue weighted by atomic mass is 10.4. The Morgan fingerprint density at radius 3 is 2.69 bits per heavy atom. The average molecular weight is 407 g/mol. The number of carboxylic acid groups (broad SMARTS) is 1. The number of hydrogen-bond donors (Lipinski definition) is 4. The number of amides is 1. The maximum absolute atomic E-state index is 11.8. The number of carbonyl (C=O) groups is 1. The van der Waals surface area contributed by atoms with Crippen LogP contribution in [0.5, 0.6) is 0 Å². The number of rotatable bonds is 3. The molecule has 1 atom stereocenters. The second-order valence-corrected chi connectivity index (χ2v) is 6.54. The van der Waals surface area contributed by atoms with Crippen molar-refractivity contribution in [1.29, 1.82) is 0 Å². The molecule has 4 N–H and O–H groups in total. The quantitative estimate of drug-likeness (QED) is 0.525. The molecule has 0 aliphatic carbocycles. The first kappa shape index (κ1) is 22.1. The third kappa shape index (κ3) is 7.74. The van der Waals surface area contributed by atoms with E-state index in [0.29, 0.717) is 25.6 Å². The minimum Gasteiger partial charge on any atom is -0.465 e. The Bertz CT molecular complexity index is 877. The SMILES string of the molecule is CC(C)NC(=O)O.Cc1cn2c(Nc3ccn[nH]3)nccc2n1.FC1CCOC1. The highest BCUT2D eigenvalue weighted by Crippen LogP contribution is 2.13. The van der Waals surface area contributed by atoms with Crippen LogP contribution in [0.3, 0.4) is 0 Å². The number of aromatic nitrogens is 5. The Morgan fingerprint density at radius 2 is 2.21 bits per heavy atom. The van der Waals surface area contributed by atoms with Crippen LogP contribution in [-0.2, 0) is 4.74 Å². The van der Waals surface area contributed by atoms with Crippen LogP contribution in [0.25, 0.3) is 5.65 Å². The number of aromatic amines is 1. The van der Waals surface area contributed by atoms with E-state index in [1.807, 2.05) is 29.7 Å². The minimum absolute atomic E-state index is 0.0255. The number of nitrogens with one attached hydrogen (secondary N) is 3. The Kier molecular flexibility index (Phi) is 8.34. The van der Waals surface area contributed by atoms with Gasteiger partial charge in [0.05, 0.1) is 18.5 Å². The van der Waals surface area contributed by atoms with Gasteiger partial charge in [-0.2, -0.15) is 5.10 Å². The summed E-state index contributed by atoms with van der Waals surface area (Å²) in [6, 6.07) is 3.73. The van der Waals surface area contributed by atoms with Crippen molar-refractivity contribution in [3.63, 3.8) is 0 Å². The van der Waals surface area contributed by atoms with E-state index in [0.717, 1.165) is 17.2 Å². The molecule has 1 unspecified atom stereocenters. The zero-order valence-corrected chi connectivity index (χ0v) is 16.6. The van der Waals surface area contributed by atoms with E-state index in [1.54, 1.807) is 26.2 Å². The Labute approximate surface area is 167 Å². The molecule has 29 heavy (non-hydrogen) atoms. The lowest BCUT2D eigenvalue weighted by Gasteiger charge is -2.04. The second kappa shape index (κ2) is 11.0. The molecule has 0 radical (unpaired) electrons. The third-order valence-electron chi connectivity index (χ3n) is 3.54. The number of H-pyrrole nitrogens is 1. The second-order valence-electron chi connectivity index (χ2n) is 6.54. The van der Waals surface area contributed by atoms with Gasteiger partial charge >= 0.3 is 6.09 Å².